The molecule has 2 heterocycles. The van der Waals surface area contributed by atoms with Crippen molar-refractivity contribution < 1.29 is 0 Å². The van der Waals surface area contributed by atoms with Gasteiger partial charge in [-0.05, 0) is 31.5 Å². The van der Waals surface area contributed by atoms with E-state index in [4.69, 9.17) is 0 Å². The SMILES string of the molecule is c1ccc2nc(C[C@@H]3CCNC3)ncc2c1. The largest absolute Gasteiger partial charge is 0.316 e. The number of benzene rings is 1. The lowest BCUT2D eigenvalue weighted by Gasteiger charge is -2.07. The molecule has 1 fully saturated rings. The van der Waals surface area contributed by atoms with E-state index < -0.39 is 0 Å². The summed E-state index contributed by atoms with van der Waals surface area (Å²) in [7, 11) is 0. The van der Waals surface area contributed by atoms with Crippen molar-refractivity contribution >= 4 is 10.9 Å². The highest BCUT2D eigenvalue weighted by Gasteiger charge is 2.16. The molecule has 1 N–H and O–H groups in total. The fourth-order valence-electron chi connectivity index (χ4n) is 2.26. The molecule has 1 atom stereocenters. The molecule has 0 unspecified atom stereocenters. The van der Waals surface area contributed by atoms with Gasteiger partial charge in [-0.2, -0.15) is 0 Å². The zero-order valence-corrected chi connectivity index (χ0v) is 9.19. The Bertz CT molecular complexity index is 489. The molecular weight excluding hydrogens is 198 g/mol. The van der Waals surface area contributed by atoms with Crippen molar-refractivity contribution in [3.8, 4) is 0 Å². The second-order valence-corrected chi connectivity index (χ2v) is 4.41. The van der Waals surface area contributed by atoms with Gasteiger partial charge in [0, 0.05) is 18.0 Å². The van der Waals surface area contributed by atoms with Gasteiger partial charge in [-0.25, -0.2) is 9.97 Å². The van der Waals surface area contributed by atoms with Gasteiger partial charge in [-0.3, -0.25) is 0 Å². The van der Waals surface area contributed by atoms with E-state index in [0.29, 0.717) is 5.92 Å². The van der Waals surface area contributed by atoms with Gasteiger partial charge in [-0.15, -0.1) is 0 Å². The highest BCUT2D eigenvalue weighted by atomic mass is 14.9. The maximum atomic E-state index is 4.60. The van der Waals surface area contributed by atoms with Gasteiger partial charge in [0.25, 0.3) is 0 Å². The first-order valence-corrected chi connectivity index (χ1v) is 5.83. The summed E-state index contributed by atoms with van der Waals surface area (Å²) in [6, 6.07) is 8.14. The summed E-state index contributed by atoms with van der Waals surface area (Å²) >= 11 is 0. The number of aromatic nitrogens is 2. The van der Waals surface area contributed by atoms with Crippen LogP contribution in [0.4, 0.5) is 0 Å². The van der Waals surface area contributed by atoms with E-state index >= 15 is 0 Å². The molecule has 0 amide bonds. The molecule has 16 heavy (non-hydrogen) atoms. The molecule has 1 aliphatic heterocycles. The smallest absolute Gasteiger partial charge is 0.129 e. The Morgan fingerprint density at radius 1 is 1.31 bits per heavy atom. The molecular formula is C13H15N3. The molecule has 0 aliphatic carbocycles. The molecule has 0 saturated carbocycles. The van der Waals surface area contributed by atoms with Crippen LogP contribution in [0.5, 0.6) is 0 Å². The zero-order valence-electron chi connectivity index (χ0n) is 9.19. The molecule has 1 aromatic heterocycles. The minimum Gasteiger partial charge on any atom is -0.316 e. The standard InChI is InChI=1S/C13H15N3/c1-2-4-12-11(3-1)9-15-13(16-12)7-10-5-6-14-8-10/h1-4,9-10,14H,5-8H2/t10-/m0/s1. The Morgan fingerprint density at radius 3 is 3.12 bits per heavy atom. The van der Waals surface area contributed by atoms with Crippen LogP contribution in [0, 0.1) is 5.92 Å². The van der Waals surface area contributed by atoms with Gasteiger partial charge < -0.3 is 5.32 Å². The maximum absolute atomic E-state index is 4.60. The molecule has 1 saturated heterocycles. The lowest BCUT2D eigenvalue weighted by molar-refractivity contribution is 0.563. The number of hydrogen-bond acceptors (Lipinski definition) is 3. The number of rotatable bonds is 2. The Balaban J connectivity index is 1.86. The van der Waals surface area contributed by atoms with Crippen molar-refractivity contribution in [2.45, 2.75) is 12.8 Å². The van der Waals surface area contributed by atoms with Crippen LogP contribution in [0.3, 0.4) is 0 Å². The average molecular weight is 213 g/mol. The molecule has 3 nitrogen and oxygen atoms in total. The van der Waals surface area contributed by atoms with Gasteiger partial charge in [0.15, 0.2) is 0 Å². The van der Waals surface area contributed by atoms with E-state index in [9.17, 15) is 0 Å². The first-order chi connectivity index (χ1) is 7.92. The van der Waals surface area contributed by atoms with Crippen LogP contribution in [0.2, 0.25) is 0 Å². The summed E-state index contributed by atoms with van der Waals surface area (Å²) < 4.78 is 0. The second kappa shape index (κ2) is 4.18. The summed E-state index contributed by atoms with van der Waals surface area (Å²) in [6.45, 7) is 2.24. The van der Waals surface area contributed by atoms with Crippen molar-refractivity contribution in [1.29, 1.82) is 0 Å². The summed E-state index contributed by atoms with van der Waals surface area (Å²) in [5.74, 6) is 1.69. The molecule has 1 aliphatic rings. The van der Waals surface area contributed by atoms with E-state index in [1.165, 1.54) is 6.42 Å². The Labute approximate surface area is 94.9 Å². The van der Waals surface area contributed by atoms with Crippen LogP contribution in [0.25, 0.3) is 10.9 Å². The number of para-hydroxylation sites is 1. The van der Waals surface area contributed by atoms with Gasteiger partial charge >= 0.3 is 0 Å². The average Bonchev–Trinajstić information content (AvgIpc) is 2.82. The van der Waals surface area contributed by atoms with Gasteiger partial charge in [0.05, 0.1) is 5.52 Å². The van der Waals surface area contributed by atoms with E-state index in [-0.39, 0.29) is 0 Å². The highest BCUT2D eigenvalue weighted by molar-refractivity contribution is 5.77. The maximum Gasteiger partial charge on any atom is 0.129 e. The molecule has 0 bridgehead atoms. The summed E-state index contributed by atoms with van der Waals surface area (Å²) in [5.41, 5.74) is 1.05. The fourth-order valence-corrected chi connectivity index (χ4v) is 2.26. The number of nitrogens with one attached hydrogen (secondary N) is 1. The van der Waals surface area contributed by atoms with Crippen molar-refractivity contribution in [3.63, 3.8) is 0 Å². The molecule has 3 heteroatoms. The quantitative estimate of drug-likeness (QED) is 0.826. The van der Waals surface area contributed by atoms with Gasteiger partial charge in [0.1, 0.15) is 5.82 Å². The number of fused-ring (bicyclic) bond motifs is 1. The van der Waals surface area contributed by atoms with Gasteiger partial charge in [-0.1, -0.05) is 18.2 Å². The topological polar surface area (TPSA) is 37.8 Å². The summed E-state index contributed by atoms with van der Waals surface area (Å²) in [6.07, 6.45) is 4.17. The Kier molecular flexibility index (Phi) is 2.54. The van der Waals surface area contributed by atoms with Crippen LogP contribution in [0.15, 0.2) is 30.5 Å². The van der Waals surface area contributed by atoms with Crippen LogP contribution in [-0.2, 0) is 6.42 Å². The van der Waals surface area contributed by atoms with Crippen LogP contribution in [-0.4, -0.2) is 23.1 Å². The van der Waals surface area contributed by atoms with Crippen molar-refractivity contribution in [2.24, 2.45) is 5.92 Å². The summed E-state index contributed by atoms with van der Waals surface area (Å²) in [5, 5.41) is 4.50. The molecule has 82 valence electrons. The van der Waals surface area contributed by atoms with Crippen molar-refractivity contribution in [2.75, 3.05) is 13.1 Å². The molecule has 1 aromatic carbocycles. The predicted octanol–water partition coefficient (Wildman–Crippen LogP) is 1.78. The van der Waals surface area contributed by atoms with Crippen molar-refractivity contribution in [3.05, 3.63) is 36.3 Å². The Morgan fingerprint density at radius 2 is 2.25 bits per heavy atom. The predicted molar refractivity (Wildman–Crippen MR) is 64.2 cm³/mol. The third kappa shape index (κ3) is 1.91. The zero-order chi connectivity index (χ0) is 10.8. The van der Waals surface area contributed by atoms with Crippen LogP contribution in [0.1, 0.15) is 12.2 Å². The molecule has 0 radical (unpaired) electrons. The molecule has 2 aromatic rings. The van der Waals surface area contributed by atoms with E-state index in [1.54, 1.807) is 0 Å². The monoisotopic (exact) mass is 213 g/mol. The normalized spacial score (nSPS) is 20.4. The molecule has 0 spiro atoms. The van der Waals surface area contributed by atoms with E-state index in [2.05, 4.69) is 21.4 Å². The first-order valence-electron chi connectivity index (χ1n) is 5.83. The lowest BCUT2D eigenvalue weighted by Crippen LogP contribution is -2.12. The van der Waals surface area contributed by atoms with E-state index in [0.717, 1.165) is 36.2 Å². The Hall–Kier alpha value is -1.48. The minimum atomic E-state index is 0.709. The van der Waals surface area contributed by atoms with E-state index in [1.807, 2.05) is 24.4 Å². The first kappa shape index (κ1) is 9.73. The van der Waals surface area contributed by atoms with Gasteiger partial charge in [0.2, 0.25) is 0 Å². The lowest BCUT2D eigenvalue weighted by atomic mass is 10.0. The minimum absolute atomic E-state index is 0.709. The molecule has 3 rings (SSSR count). The van der Waals surface area contributed by atoms with Crippen molar-refractivity contribution in [1.82, 2.24) is 15.3 Å². The third-order valence-corrected chi connectivity index (χ3v) is 3.17. The highest BCUT2D eigenvalue weighted by Crippen LogP contribution is 2.15. The fraction of sp³-hybridized carbons (Fsp3) is 0.385. The van der Waals surface area contributed by atoms with Crippen LogP contribution >= 0.6 is 0 Å². The third-order valence-electron chi connectivity index (χ3n) is 3.17. The second-order valence-electron chi connectivity index (χ2n) is 4.41. The number of nitrogens with zero attached hydrogens (tertiary/aromatic N) is 2. The van der Waals surface area contributed by atoms with Crippen LogP contribution < -0.4 is 5.32 Å². The summed E-state index contributed by atoms with van der Waals surface area (Å²) in [4.78, 5) is 9.03. The number of hydrogen-bond donors (Lipinski definition) is 1.